The topological polar surface area (TPSA) is 190 Å². The molecule has 0 spiro atoms. The Morgan fingerprint density at radius 1 is 1.24 bits per heavy atom. The Labute approximate surface area is 211 Å². The molecule has 1 aromatic rings. The zero-order valence-corrected chi connectivity index (χ0v) is 20.3. The number of ketones is 2. The van der Waals surface area contributed by atoms with Gasteiger partial charge in [0.2, 0.25) is 11.7 Å². The number of rotatable bonds is 6. The largest absolute Gasteiger partial charge is 0.511 e. The lowest BCUT2D eigenvalue weighted by atomic mass is 9.60. The van der Waals surface area contributed by atoms with E-state index in [1.54, 1.807) is 11.9 Å². The van der Waals surface area contributed by atoms with Crippen molar-refractivity contribution in [3.63, 3.8) is 0 Å². The molecule has 3 aliphatic carbocycles. The molecule has 0 aliphatic heterocycles. The molecule has 0 heterocycles. The van der Waals surface area contributed by atoms with Crippen molar-refractivity contribution in [3.05, 3.63) is 45.7 Å². The Morgan fingerprint density at radius 2 is 1.92 bits per heavy atom. The molecule has 12 heteroatoms. The van der Waals surface area contributed by atoms with Gasteiger partial charge in [-0.2, -0.15) is 0 Å². The number of aliphatic hydroxyl groups is 3. The van der Waals surface area contributed by atoms with Gasteiger partial charge in [0.15, 0.2) is 17.1 Å². The first kappa shape index (κ1) is 26.3. The Balaban J connectivity index is 1.76. The first-order valence-corrected chi connectivity index (χ1v) is 11.8. The number of aromatic hydroxyl groups is 1. The molecule has 7 N–H and O–H groups in total. The summed E-state index contributed by atoms with van der Waals surface area (Å²) in [6, 6.07) is 0.907. The van der Waals surface area contributed by atoms with Crippen LogP contribution in [0.25, 0.3) is 0 Å². The van der Waals surface area contributed by atoms with Crippen LogP contribution in [0.2, 0.25) is 0 Å². The molecule has 11 nitrogen and oxygen atoms in total. The lowest BCUT2D eigenvalue weighted by Crippen LogP contribution is -2.57. The number of benzene rings is 1. The first-order chi connectivity index (χ1) is 17.3. The van der Waals surface area contributed by atoms with Gasteiger partial charge in [-0.15, -0.1) is 0 Å². The van der Waals surface area contributed by atoms with Gasteiger partial charge in [0.1, 0.15) is 22.9 Å². The Hall–Kier alpha value is -3.77. The molecule has 0 radical (unpaired) electrons. The molecule has 0 saturated carbocycles. The lowest BCUT2D eigenvalue weighted by molar-refractivity contribution is -0.144. The number of hydrogen-bond donors (Lipinski definition) is 6. The third-order valence-corrected chi connectivity index (χ3v) is 7.30. The molecular formula is C25H28FN3O8. The van der Waals surface area contributed by atoms with Crippen LogP contribution in [0.15, 0.2) is 28.7 Å². The van der Waals surface area contributed by atoms with Crippen molar-refractivity contribution in [2.24, 2.45) is 17.6 Å². The number of fused-ring (bicyclic) bond motifs is 3. The quantitative estimate of drug-likeness (QED) is 0.236. The minimum Gasteiger partial charge on any atom is -0.511 e. The van der Waals surface area contributed by atoms with Crippen molar-refractivity contribution in [1.82, 2.24) is 4.90 Å². The number of nitrogens with one attached hydrogen (secondary N) is 1. The molecule has 0 fully saturated rings. The van der Waals surface area contributed by atoms with Gasteiger partial charge in [-0.05, 0) is 38.8 Å². The number of carbonyl (C=O) groups excluding carboxylic acids is 4. The number of primary amides is 1. The van der Waals surface area contributed by atoms with Crippen molar-refractivity contribution in [2.45, 2.75) is 38.2 Å². The summed E-state index contributed by atoms with van der Waals surface area (Å²) in [5.74, 6) is -9.44. The maximum Gasteiger partial charge on any atom is 0.255 e. The first-order valence-electron chi connectivity index (χ1n) is 11.8. The number of anilines is 1. The minimum absolute atomic E-state index is 0.0486. The maximum absolute atomic E-state index is 15.1. The van der Waals surface area contributed by atoms with Gasteiger partial charge in [-0.25, -0.2) is 4.39 Å². The Kier molecular flexibility index (Phi) is 6.59. The normalized spacial score (nSPS) is 25.1. The summed E-state index contributed by atoms with van der Waals surface area (Å²) in [4.78, 5) is 52.3. The second-order valence-electron chi connectivity index (χ2n) is 9.80. The van der Waals surface area contributed by atoms with Gasteiger partial charge in [-0.1, -0.05) is 6.92 Å². The predicted molar refractivity (Wildman–Crippen MR) is 127 cm³/mol. The van der Waals surface area contributed by atoms with Crippen LogP contribution in [-0.4, -0.2) is 74.4 Å². The van der Waals surface area contributed by atoms with Crippen LogP contribution < -0.4 is 11.1 Å². The number of phenols is 1. The highest BCUT2D eigenvalue weighted by molar-refractivity contribution is 6.24. The fourth-order valence-electron chi connectivity index (χ4n) is 5.63. The van der Waals surface area contributed by atoms with Crippen LogP contribution >= 0.6 is 0 Å². The Morgan fingerprint density at radius 3 is 2.54 bits per heavy atom. The molecule has 0 saturated heterocycles. The van der Waals surface area contributed by atoms with Crippen LogP contribution in [0.3, 0.4) is 0 Å². The smallest absolute Gasteiger partial charge is 0.255 e. The van der Waals surface area contributed by atoms with E-state index in [-0.39, 0.29) is 37.1 Å². The summed E-state index contributed by atoms with van der Waals surface area (Å²) in [6.07, 6.45) is 0.149. The number of hydrogen-bond acceptors (Lipinski definition) is 9. The third-order valence-electron chi connectivity index (χ3n) is 7.30. The summed E-state index contributed by atoms with van der Waals surface area (Å²) < 4.78 is 15.1. The van der Waals surface area contributed by atoms with Crippen molar-refractivity contribution in [1.29, 1.82) is 0 Å². The van der Waals surface area contributed by atoms with Gasteiger partial charge in [-0.3, -0.25) is 24.1 Å². The molecule has 4 rings (SSSR count). The van der Waals surface area contributed by atoms with Crippen LogP contribution in [0.1, 0.15) is 42.1 Å². The lowest BCUT2D eigenvalue weighted by Gasteiger charge is -2.45. The van der Waals surface area contributed by atoms with Crippen LogP contribution in [0.4, 0.5) is 10.1 Å². The van der Waals surface area contributed by atoms with E-state index < -0.39 is 80.6 Å². The number of halogens is 1. The number of aliphatic hydroxyl groups excluding tert-OH is 2. The molecule has 2 amide bonds. The van der Waals surface area contributed by atoms with E-state index in [4.69, 9.17) is 5.73 Å². The summed E-state index contributed by atoms with van der Waals surface area (Å²) >= 11 is 0. The molecule has 37 heavy (non-hydrogen) atoms. The number of amides is 2. The standard InChI is InChI=1S/C25H28FN3O8/c1-3-4-29(2)9-16(31)28-14-8-13(26)12-6-10-5-11-7-15(30)19(24(27)36)23(35)25(11,37)22(34)17(10)21(33)18(12)20(14)32/h8,10-11,30,32,34,37H,3-7,9H2,1-2H3,(H2,27,36)(H,28,31)/t10?,11-,25-/m0/s1. The molecule has 3 atom stereocenters. The fourth-order valence-corrected chi connectivity index (χ4v) is 5.63. The van der Waals surface area contributed by atoms with E-state index in [1.807, 2.05) is 6.92 Å². The van der Waals surface area contributed by atoms with E-state index in [9.17, 15) is 39.6 Å². The molecular weight excluding hydrogens is 489 g/mol. The number of nitrogens with zero attached hydrogens (tertiary/aromatic N) is 1. The van der Waals surface area contributed by atoms with Gasteiger partial charge < -0.3 is 31.5 Å². The van der Waals surface area contributed by atoms with Gasteiger partial charge in [0.25, 0.3) is 5.91 Å². The maximum atomic E-state index is 15.1. The molecule has 3 aliphatic rings. The zero-order chi connectivity index (χ0) is 27.4. The summed E-state index contributed by atoms with van der Waals surface area (Å²) in [6.45, 7) is 2.51. The highest BCUT2D eigenvalue weighted by Gasteiger charge is 2.59. The number of carbonyl (C=O) groups is 4. The van der Waals surface area contributed by atoms with Crippen molar-refractivity contribution >= 4 is 29.1 Å². The number of Topliss-reactive ketones (excluding diaryl/α,β-unsaturated/α-hetero) is 2. The van der Waals surface area contributed by atoms with E-state index in [2.05, 4.69) is 5.32 Å². The van der Waals surface area contributed by atoms with Gasteiger partial charge in [0.05, 0.1) is 17.8 Å². The number of phenolic OH excluding ortho intramolecular Hbond substituents is 1. The van der Waals surface area contributed by atoms with Gasteiger partial charge in [0, 0.05) is 29.5 Å². The molecule has 0 bridgehead atoms. The molecule has 1 aromatic carbocycles. The van der Waals surface area contributed by atoms with E-state index in [0.29, 0.717) is 6.54 Å². The van der Waals surface area contributed by atoms with Crippen LogP contribution in [0, 0.1) is 17.7 Å². The average molecular weight is 518 g/mol. The minimum atomic E-state index is -2.71. The van der Waals surface area contributed by atoms with Crippen LogP contribution in [-0.2, 0) is 20.8 Å². The summed E-state index contributed by atoms with van der Waals surface area (Å²) in [5.41, 5.74) is 0.182. The monoisotopic (exact) mass is 517 g/mol. The Bertz CT molecular complexity index is 1300. The summed E-state index contributed by atoms with van der Waals surface area (Å²) in [7, 11) is 1.71. The predicted octanol–water partition coefficient (Wildman–Crippen LogP) is 1.000. The van der Waals surface area contributed by atoms with Crippen LogP contribution in [0.5, 0.6) is 5.75 Å². The number of allylic oxidation sites excluding steroid dienone is 2. The molecule has 198 valence electrons. The number of nitrogens with two attached hydrogens (primary N) is 1. The molecule has 1 unspecified atom stereocenters. The fraction of sp³-hybridized carbons (Fsp3) is 0.440. The van der Waals surface area contributed by atoms with E-state index in [0.717, 1.165) is 12.5 Å². The van der Waals surface area contributed by atoms with Crippen molar-refractivity contribution < 1.29 is 44.0 Å². The van der Waals surface area contributed by atoms with Crippen molar-refractivity contribution in [3.8, 4) is 5.75 Å². The zero-order valence-electron chi connectivity index (χ0n) is 20.3. The molecule has 0 aromatic heterocycles. The van der Waals surface area contributed by atoms with E-state index in [1.165, 1.54) is 0 Å². The third kappa shape index (κ3) is 4.05. The highest BCUT2D eigenvalue weighted by Crippen LogP contribution is 2.52. The SMILES string of the molecule is CCCN(C)CC(=O)Nc1cc(F)c2c(c1O)C(=O)C1=C(O)[C@]3(O)C(=O)C(C(N)=O)=C(O)C[C@@H]3CC1C2. The highest BCUT2D eigenvalue weighted by atomic mass is 19.1. The number of likely N-dealkylation sites (N-methyl/N-ethyl adjacent to an activating group) is 1. The summed E-state index contributed by atoms with van der Waals surface area (Å²) in [5, 5.41) is 45.7. The second kappa shape index (κ2) is 9.27. The average Bonchev–Trinajstić information content (AvgIpc) is 2.79. The van der Waals surface area contributed by atoms with Crippen molar-refractivity contribution in [2.75, 3.05) is 25.5 Å². The second-order valence-corrected chi connectivity index (χ2v) is 9.80. The van der Waals surface area contributed by atoms with Gasteiger partial charge >= 0.3 is 0 Å². The van der Waals surface area contributed by atoms with E-state index >= 15 is 4.39 Å².